The predicted molar refractivity (Wildman–Crippen MR) is 87.9 cm³/mol. The molecule has 0 saturated heterocycles. The van der Waals surface area contributed by atoms with Crippen molar-refractivity contribution < 1.29 is 8.84 Å². The van der Waals surface area contributed by atoms with E-state index in [1.807, 2.05) is 12.1 Å². The number of rotatable bonds is 6. The summed E-state index contributed by atoms with van der Waals surface area (Å²) >= 11 is 0. The number of allylic oxidation sites excluding steroid dienone is 2. The van der Waals surface area contributed by atoms with Crippen LogP contribution in [0.2, 0.25) is 18.1 Å². The Morgan fingerprint density at radius 3 is 2.65 bits per heavy atom. The molecular formula is C17H26O2Si. The van der Waals surface area contributed by atoms with Crippen molar-refractivity contribution in [2.45, 2.75) is 51.7 Å². The average molecular weight is 290 g/mol. The van der Waals surface area contributed by atoms with Gasteiger partial charge in [-0.05, 0) is 49.2 Å². The molecule has 0 N–H and O–H groups in total. The SMILES string of the molecule is C#C/C=C(/CCCO[Si](C)(C)C(C)(C)C)c1ccco1. The summed E-state index contributed by atoms with van der Waals surface area (Å²) in [6, 6.07) is 3.82. The van der Waals surface area contributed by atoms with Gasteiger partial charge in [-0.25, -0.2) is 0 Å². The standard InChI is InChI=1S/C17H26O2Si/c1-7-10-15(16-12-9-13-18-16)11-8-14-19-20(5,6)17(2,3)4/h1,9-10,12-13H,8,11,14H2,2-6H3/b15-10-. The minimum atomic E-state index is -1.64. The van der Waals surface area contributed by atoms with Crippen molar-refractivity contribution in [1.82, 2.24) is 0 Å². The molecule has 0 amide bonds. The van der Waals surface area contributed by atoms with Crippen LogP contribution in [0.3, 0.4) is 0 Å². The van der Waals surface area contributed by atoms with Gasteiger partial charge >= 0.3 is 0 Å². The summed E-state index contributed by atoms with van der Waals surface area (Å²) in [7, 11) is -1.64. The van der Waals surface area contributed by atoms with Crippen LogP contribution in [0.4, 0.5) is 0 Å². The van der Waals surface area contributed by atoms with E-state index in [4.69, 9.17) is 15.3 Å². The Hall–Kier alpha value is -1.24. The summed E-state index contributed by atoms with van der Waals surface area (Å²) in [5.41, 5.74) is 1.07. The molecule has 2 nitrogen and oxygen atoms in total. The van der Waals surface area contributed by atoms with Crippen molar-refractivity contribution in [1.29, 1.82) is 0 Å². The Morgan fingerprint density at radius 2 is 2.15 bits per heavy atom. The molecule has 1 aromatic rings. The zero-order chi connectivity index (χ0) is 15.2. The third-order valence-corrected chi connectivity index (χ3v) is 8.49. The Bertz CT molecular complexity index is 470. The highest BCUT2D eigenvalue weighted by molar-refractivity contribution is 6.74. The number of furan rings is 1. The first-order valence-electron chi connectivity index (χ1n) is 7.11. The highest BCUT2D eigenvalue weighted by Gasteiger charge is 2.36. The van der Waals surface area contributed by atoms with Gasteiger partial charge in [0.25, 0.3) is 0 Å². The van der Waals surface area contributed by atoms with Gasteiger partial charge in [-0.15, -0.1) is 6.42 Å². The molecule has 1 aromatic heterocycles. The van der Waals surface area contributed by atoms with Crippen LogP contribution in [0.15, 0.2) is 28.9 Å². The van der Waals surface area contributed by atoms with Crippen LogP contribution in [0.25, 0.3) is 5.57 Å². The van der Waals surface area contributed by atoms with Crippen LogP contribution in [-0.2, 0) is 4.43 Å². The first-order chi connectivity index (χ1) is 9.28. The van der Waals surface area contributed by atoms with Gasteiger partial charge in [-0.1, -0.05) is 26.7 Å². The lowest BCUT2D eigenvalue weighted by molar-refractivity contribution is 0.284. The molecule has 1 heterocycles. The van der Waals surface area contributed by atoms with Crippen molar-refractivity contribution >= 4 is 13.9 Å². The minimum Gasteiger partial charge on any atom is -0.465 e. The average Bonchev–Trinajstić information content (AvgIpc) is 2.85. The molecule has 0 saturated carbocycles. The highest BCUT2D eigenvalue weighted by atomic mass is 28.4. The van der Waals surface area contributed by atoms with Crippen LogP contribution in [0, 0.1) is 12.3 Å². The highest BCUT2D eigenvalue weighted by Crippen LogP contribution is 2.36. The van der Waals surface area contributed by atoms with E-state index in [-0.39, 0.29) is 5.04 Å². The maximum atomic E-state index is 6.17. The first-order valence-corrected chi connectivity index (χ1v) is 10.0. The van der Waals surface area contributed by atoms with Crippen LogP contribution < -0.4 is 0 Å². The van der Waals surface area contributed by atoms with Gasteiger partial charge in [0, 0.05) is 12.2 Å². The van der Waals surface area contributed by atoms with E-state index in [0.717, 1.165) is 30.8 Å². The molecule has 0 bridgehead atoms. The van der Waals surface area contributed by atoms with Gasteiger partial charge in [0.15, 0.2) is 8.32 Å². The maximum absolute atomic E-state index is 6.17. The van der Waals surface area contributed by atoms with Gasteiger partial charge < -0.3 is 8.84 Å². The molecule has 0 radical (unpaired) electrons. The van der Waals surface area contributed by atoms with Crippen molar-refractivity contribution in [2.75, 3.05) is 6.61 Å². The first kappa shape index (κ1) is 16.8. The fourth-order valence-corrected chi connectivity index (χ4v) is 2.72. The van der Waals surface area contributed by atoms with Crippen molar-refractivity contribution in [3.05, 3.63) is 30.2 Å². The fraction of sp³-hybridized carbons (Fsp3) is 0.529. The number of hydrogen-bond donors (Lipinski definition) is 0. The Kier molecular flexibility index (Phi) is 5.85. The summed E-state index contributed by atoms with van der Waals surface area (Å²) in [6.07, 6.45) is 10.7. The number of hydrogen-bond acceptors (Lipinski definition) is 2. The van der Waals surface area contributed by atoms with Crippen LogP contribution in [-0.4, -0.2) is 14.9 Å². The predicted octanol–water partition coefficient (Wildman–Crippen LogP) is 5.10. The summed E-state index contributed by atoms with van der Waals surface area (Å²) in [5.74, 6) is 3.44. The smallest absolute Gasteiger partial charge is 0.191 e. The second kappa shape index (κ2) is 6.96. The lowest BCUT2D eigenvalue weighted by atomic mass is 10.1. The van der Waals surface area contributed by atoms with Crippen LogP contribution in [0.5, 0.6) is 0 Å². The Labute approximate surface area is 124 Å². The lowest BCUT2D eigenvalue weighted by Crippen LogP contribution is -2.40. The monoisotopic (exact) mass is 290 g/mol. The largest absolute Gasteiger partial charge is 0.465 e. The minimum absolute atomic E-state index is 0.255. The van der Waals surface area contributed by atoms with Crippen molar-refractivity contribution in [3.63, 3.8) is 0 Å². The zero-order valence-corrected chi connectivity index (χ0v) is 14.3. The van der Waals surface area contributed by atoms with Crippen LogP contribution >= 0.6 is 0 Å². The molecule has 0 atom stereocenters. The van der Waals surface area contributed by atoms with Gasteiger partial charge in [0.1, 0.15) is 5.76 Å². The topological polar surface area (TPSA) is 22.4 Å². The molecule has 0 aliphatic rings. The molecule has 20 heavy (non-hydrogen) atoms. The van der Waals surface area contributed by atoms with Crippen molar-refractivity contribution in [2.24, 2.45) is 0 Å². The van der Waals surface area contributed by atoms with Gasteiger partial charge in [-0.2, -0.15) is 0 Å². The zero-order valence-electron chi connectivity index (χ0n) is 13.3. The molecule has 0 aromatic carbocycles. The molecular weight excluding hydrogens is 264 g/mol. The fourth-order valence-electron chi connectivity index (χ4n) is 1.63. The summed E-state index contributed by atoms with van der Waals surface area (Å²) < 4.78 is 11.6. The van der Waals surface area contributed by atoms with E-state index >= 15 is 0 Å². The Balaban J connectivity index is 2.48. The van der Waals surface area contributed by atoms with E-state index in [1.54, 1.807) is 12.3 Å². The third-order valence-electron chi connectivity index (χ3n) is 3.95. The number of terminal acetylenes is 1. The molecule has 3 heteroatoms. The molecule has 0 fully saturated rings. The molecule has 1 rings (SSSR count). The molecule has 0 unspecified atom stereocenters. The Morgan fingerprint density at radius 1 is 1.45 bits per heavy atom. The molecule has 110 valence electrons. The van der Waals surface area contributed by atoms with E-state index in [2.05, 4.69) is 39.8 Å². The van der Waals surface area contributed by atoms with Crippen LogP contribution in [0.1, 0.15) is 39.4 Å². The van der Waals surface area contributed by atoms with Crippen molar-refractivity contribution in [3.8, 4) is 12.3 Å². The van der Waals surface area contributed by atoms with Gasteiger partial charge in [0.05, 0.1) is 6.26 Å². The van der Waals surface area contributed by atoms with E-state index in [1.165, 1.54) is 0 Å². The van der Waals surface area contributed by atoms with E-state index in [0.29, 0.717) is 0 Å². The third kappa shape index (κ3) is 4.70. The molecule has 0 spiro atoms. The quantitative estimate of drug-likeness (QED) is 0.413. The summed E-state index contributed by atoms with van der Waals surface area (Å²) in [6.45, 7) is 12.1. The molecule has 0 aliphatic heterocycles. The second-order valence-electron chi connectivity index (χ2n) is 6.53. The van der Waals surface area contributed by atoms with Gasteiger partial charge in [0.2, 0.25) is 0 Å². The maximum Gasteiger partial charge on any atom is 0.191 e. The normalized spacial score (nSPS) is 13.3. The van der Waals surface area contributed by atoms with E-state index in [9.17, 15) is 0 Å². The summed E-state index contributed by atoms with van der Waals surface area (Å²) in [5, 5.41) is 0.255. The molecule has 0 aliphatic carbocycles. The second-order valence-corrected chi connectivity index (χ2v) is 11.3. The summed E-state index contributed by atoms with van der Waals surface area (Å²) in [4.78, 5) is 0. The van der Waals surface area contributed by atoms with E-state index < -0.39 is 8.32 Å². The lowest BCUT2D eigenvalue weighted by Gasteiger charge is -2.36. The van der Waals surface area contributed by atoms with Gasteiger partial charge in [-0.3, -0.25) is 0 Å².